The number of hydrogen-bond acceptors (Lipinski definition) is 3. The minimum atomic E-state index is -0.156. The van der Waals surface area contributed by atoms with Crippen molar-refractivity contribution in [1.82, 2.24) is 9.80 Å². The first-order valence-corrected chi connectivity index (χ1v) is 9.18. The van der Waals surface area contributed by atoms with Gasteiger partial charge in [-0.2, -0.15) is 0 Å². The topological polar surface area (TPSA) is 61.9 Å². The highest BCUT2D eigenvalue weighted by atomic mass is 35.5. The molecular weight excluding hydrogens is 366 g/mol. The number of nitrogens with zero attached hydrogens (tertiary/aromatic N) is 2. The number of hydrogen-bond donors (Lipinski definition) is 1. The van der Waals surface area contributed by atoms with Gasteiger partial charge < -0.3 is 19.9 Å². The number of carbonyl (C=O) groups is 2. The smallest absolute Gasteiger partial charge is 0.321 e. The number of halogens is 1. The Bertz CT molecular complexity index is 805. The number of benzene rings is 2. The van der Waals surface area contributed by atoms with Crippen LogP contribution in [-0.4, -0.2) is 54.5 Å². The maximum absolute atomic E-state index is 12.4. The molecule has 27 heavy (non-hydrogen) atoms. The monoisotopic (exact) mass is 387 g/mol. The first-order valence-electron chi connectivity index (χ1n) is 8.80. The molecular formula is C20H22ClN3O3. The zero-order valence-corrected chi connectivity index (χ0v) is 15.9. The molecule has 0 unspecified atom stereocenters. The molecule has 0 atom stereocenters. The molecule has 1 fully saturated rings. The Kier molecular flexibility index (Phi) is 6.19. The number of ether oxygens (including phenoxy) is 1. The van der Waals surface area contributed by atoms with Gasteiger partial charge in [-0.25, -0.2) is 4.79 Å². The zero-order chi connectivity index (χ0) is 19.2. The minimum Gasteiger partial charge on any atom is -0.482 e. The van der Waals surface area contributed by atoms with E-state index in [1.807, 2.05) is 49.4 Å². The molecule has 1 aliphatic rings. The fourth-order valence-electron chi connectivity index (χ4n) is 2.83. The molecule has 0 spiro atoms. The molecule has 0 aliphatic carbocycles. The first kappa shape index (κ1) is 19.0. The number of para-hydroxylation sites is 1. The lowest BCUT2D eigenvalue weighted by Crippen LogP contribution is -2.52. The van der Waals surface area contributed by atoms with E-state index in [1.54, 1.807) is 15.9 Å². The third-order valence-corrected chi connectivity index (χ3v) is 4.69. The van der Waals surface area contributed by atoms with Crippen LogP contribution in [-0.2, 0) is 4.79 Å². The second-order valence-corrected chi connectivity index (χ2v) is 6.79. The van der Waals surface area contributed by atoms with Crippen molar-refractivity contribution in [2.75, 3.05) is 38.1 Å². The van der Waals surface area contributed by atoms with E-state index in [1.165, 1.54) is 0 Å². The summed E-state index contributed by atoms with van der Waals surface area (Å²) in [5.41, 5.74) is 1.77. The number of urea groups is 1. The maximum atomic E-state index is 12.4. The van der Waals surface area contributed by atoms with Gasteiger partial charge in [0.15, 0.2) is 6.61 Å². The number of aryl methyl sites for hydroxylation is 1. The molecule has 3 amide bonds. The summed E-state index contributed by atoms with van der Waals surface area (Å²) in [6.45, 7) is 3.78. The van der Waals surface area contributed by atoms with Gasteiger partial charge in [0.05, 0.1) is 5.02 Å². The maximum Gasteiger partial charge on any atom is 0.321 e. The quantitative estimate of drug-likeness (QED) is 0.874. The molecule has 1 heterocycles. The highest BCUT2D eigenvalue weighted by Crippen LogP contribution is 2.25. The zero-order valence-electron chi connectivity index (χ0n) is 15.2. The van der Waals surface area contributed by atoms with E-state index in [2.05, 4.69) is 5.32 Å². The fourth-order valence-corrected chi connectivity index (χ4v) is 3.01. The molecule has 2 aromatic carbocycles. The number of anilines is 1. The summed E-state index contributed by atoms with van der Waals surface area (Å²) in [4.78, 5) is 28.1. The Morgan fingerprint density at radius 1 is 1.04 bits per heavy atom. The number of rotatable bonds is 4. The van der Waals surface area contributed by atoms with Gasteiger partial charge in [0.1, 0.15) is 5.75 Å². The molecule has 1 N–H and O–H groups in total. The molecule has 0 radical (unpaired) electrons. The van der Waals surface area contributed by atoms with Crippen molar-refractivity contribution in [2.24, 2.45) is 0 Å². The van der Waals surface area contributed by atoms with Gasteiger partial charge in [-0.05, 0) is 36.8 Å². The molecule has 1 saturated heterocycles. The van der Waals surface area contributed by atoms with Gasteiger partial charge >= 0.3 is 6.03 Å². The van der Waals surface area contributed by atoms with Gasteiger partial charge in [-0.3, -0.25) is 4.79 Å². The lowest BCUT2D eigenvalue weighted by molar-refractivity contribution is -0.134. The van der Waals surface area contributed by atoms with Crippen LogP contribution in [0.1, 0.15) is 5.56 Å². The van der Waals surface area contributed by atoms with Crippen LogP contribution in [0.2, 0.25) is 5.02 Å². The summed E-state index contributed by atoms with van der Waals surface area (Å²) in [6.07, 6.45) is 0. The summed E-state index contributed by atoms with van der Waals surface area (Å²) in [7, 11) is 0. The average Bonchev–Trinajstić information content (AvgIpc) is 2.69. The number of piperazine rings is 1. The normalized spacial score (nSPS) is 14.0. The second-order valence-electron chi connectivity index (χ2n) is 6.39. The molecule has 142 valence electrons. The predicted octanol–water partition coefficient (Wildman–Crippen LogP) is 3.40. The lowest BCUT2D eigenvalue weighted by atomic mass is 10.2. The third-order valence-electron chi connectivity index (χ3n) is 4.38. The number of amides is 3. The summed E-state index contributed by atoms with van der Waals surface area (Å²) in [5, 5.41) is 3.34. The summed E-state index contributed by atoms with van der Waals surface area (Å²) < 4.78 is 5.57. The van der Waals surface area contributed by atoms with Crippen molar-refractivity contribution >= 4 is 29.2 Å². The van der Waals surface area contributed by atoms with E-state index in [4.69, 9.17) is 16.3 Å². The summed E-state index contributed by atoms with van der Waals surface area (Å²) in [6, 6.07) is 14.6. The second kappa shape index (κ2) is 8.77. The van der Waals surface area contributed by atoms with Crippen LogP contribution in [0.25, 0.3) is 0 Å². The minimum absolute atomic E-state index is 0.0701. The highest BCUT2D eigenvalue weighted by molar-refractivity contribution is 6.32. The Balaban J connectivity index is 1.46. The van der Waals surface area contributed by atoms with Crippen molar-refractivity contribution < 1.29 is 14.3 Å². The number of nitrogens with one attached hydrogen (secondary N) is 1. The molecule has 0 saturated carbocycles. The van der Waals surface area contributed by atoms with Gasteiger partial charge in [-0.1, -0.05) is 35.9 Å². The molecule has 7 heteroatoms. The van der Waals surface area contributed by atoms with E-state index in [0.717, 1.165) is 11.3 Å². The van der Waals surface area contributed by atoms with E-state index in [9.17, 15) is 9.59 Å². The fraction of sp³-hybridized carbons (Fsp3) is 0.300. The van der Waals surface area contributed by atoms with Crippen molar-refractivity contribution in [3.8, 4) is 5.75 Å². The Hall–Kier alpha value is -2.73. The van der Waals surface area contributed by atoms with Gasteiger partial charge in [0, 0.05) is 31.9 Å². The standard InChI is InChI=1S/C20H22ClN3O3/c1-15-7-8-17(21)18(13-15)27-14-19(25)23-9-11-24(12-10-23)20(26)22-16-5-3-2-4-6-16/h2-8,13H,9-12,14H2,1H3,(H,22,26). The van der Waals surface area contributed by atoms with E-state index in [0.29, 0.717) is 37.0 Å². The van der Waals surface area contributed by atoms with Crippen LogP contribution in [0.4, 0.5) is 10.5 Å². The predicted molar refractivity (Wildman–Crippen MR) is 105 cm³/mol. The van der Waals surface area contributed by atoms with Crippen LogP contribution in [0.3, 0.4) is 0 Å². The van der Waals surface area contributed by atoms with Crippen molar-refractivity contribution in [2.45, 2.75) is 6.92 Å². The van der Waals surface area contributed by atoms with Crippen LogP contribution in [0, 0.1) is 6.92 Å². The summed E-state index contributed by atoms with van der Waals surface area (Å²) in [5.74, 6) is 0.390. The first-order chi connectivity index (χ1) is 13.0. The molecule has 3 rings (SSSR count). The highest BCUT2D eigenvalue weighted by Gasteiger charge is 2.24. The van der Waals surface area contributed by atoms with Gasteiger partial charge in [0.25, 0.3) is 5.91 Å². The van der Waals surface area contributed by atoms with Crippen LogP contribution in [0.5, 0.6) is 5.75 Å². The van der Waals surface area contributed by atoms with E-state index >= 15 is 0 Å². The largest absolute Gasteiger partial charge is 0.482 e. The molecule has 0 aromatic heterocycles. The Morgan fingerprint density at radius 2 is 1.70 bits per heavy atom. The van der Waals surface area contributed by atoms with Crippen molar-refractivity contribution in [3.63, 3.8) is 0 Å². The van der Waals surface area contributed by atoms with Crippen LogP contribution < -0.4 is 10.1 Å². The average molecular weight is 388 g/mol. The van der Waals surface area contributed by atoms with Gasteiger partial charge in [0.2, 0.25) is 0 Å². The van der Waals surface area contributed by atoms with Gasteiger partial charge in [-0.15, -0.1) is 0 Å². The van der Waals surface area contributed by atoms with Crippen molar-refractivity contribution in [3.05, 3.63) is 59.1 Å². The van der Waals surface area contributed by atoms with E-state index < -0.39 is 0 Å². The molecule has 0 bridgehead atoms. The molecule has 2 aromatic rings. The molecule has 6 nitrogen and oxygen atoms in total. The third kappa shape index (κ3) is 5.14. The van der Waals surface area contributed by atoms with E-state index in [-0.39, 0.29) is 18.5 Å². The SMILES string of the molecule is Cc1ccc(Cl)c(OCC(=O)N2CCN(C(=O)Nc3ccccc3)CC2)c1. The number of carbonyl (C=O) groups excluding carboxylic acids is 2. The summed E-state index contributed by atoms with van der Waals surface area (Å²) >= 11 is 6.08. The van der Waals surface area contributed by atoms with Crippen LogP contribution >= 0.6 is 11.6 Å². The molecule has 1 aliphatic heterocycles. The lowest BCUT2D eigenvalue weighted by Gasteiger charge is -2.34. The Labute approximate surface area is 163 Å². The van der Waals surface area contributed by atoms with Crippen LogP contribution in [0.15, 0.2) is 48.5 Å². The van der Waals surface area contributed by atoms with Crippen molar-refractivity contribution in [1.29, 1.82) is 0 Å². The Morgan fingerprint density at radius 3 is 2.41 bits per heavy atom.